The molecule has 0 bridgehead atoms. The van der Waals surface area contributed by atoms with E-state index in [-0.39, 0.29) is 18.3 Å². The third-order valence-corrected chi connectivity index (χ3v) is 4.93. The molecule has 0 radical (unpaired) electrons. The summed E-state index contributed by atoms with van der Waals surface area (Å²) in [5.41, 5.74) is 8.84. The van der Waals surface area contributed by atoms with Gasteiger partial charge in [0.1, 0.15) is 0 Å². The van der Waals surface area contributed by atoms with E-state index >= 15 is 0 Å². The predicted molar refractivity (Wildman–Crippen MR) is 108 cm³/mol. The minimum absolute atomic E-state index is 0. The number of hydrogen-bond acceptors (Lipinski definition) is 4. The van der Waals surface area contributed by atoms with Crippen LogP contribution in [0, 0.1) is 6.92 Å². The van der Waals surface area contributed by atoms with Crippen LogP contribution in [-0.2, 0) is 11.3 Å². The van der Waals surface area contributed by atoms with Crippen molar-refractivity contribution in [2.45, 2.75) is 45.2 Å². The number of amides is 1. The van der Waals surface area contributed by atoms with Crippen LogP contribution < -0.4 is 11.1 Å². The van der Waals surface area contributed by atoms with E-state index in [1.807, 2.05) is 6.92 Å². The summed E-state index contributed by atoms with van der Waals surface area (Å²) in [5, 5.41) is 4.22. The molecule has 0 saturated carbocycles. The second-order valence-electron chi connectivity index (χ2n) is 6.94. The molecule has 1 saturated heterocycles. The number of carbonyl (C=O) groups is 1. The molecule has 1 aliphatic heterocycles. The summed E-state index contributed by atoms with van der Waals surface area (Å²) < 4.78 is 0. The molecule has 2 heterocycles. The number of fused-ring (bicyclic) bond motifs is 1. The molecule has 142 valence electrons. The van der Waals surface area contributed by atoms with E-state index < -0.39 is 0 Å². The molecule has 1 amide bonds. The maximum Gasteiger partial charge on any atom is 0.221 e. The van der Waals surface area contributed by atoms with Gasteiger partial charge < -0.3 is 11.1 Å². The normalized spacial score (nSPS) is 17.7. The number of benzene rings is 1. The van der Waals surface area contributed by atoms with Crippen molar-refractivity contribution in [2.24, 2.45) is 5.73 Å². The van der Waals surface area contributed by atoms with Crippen molar-refractivity contribution >= 4 is 29.2 Å². The number of nitrogens with two attached hydrogens (primary N) is 1. The zero-order valence-corrected chi connectivity index (χ0v) is 16.2. The molecular weight excluding hydrogens is 348 g/mol. The van der Waals surface area contributed by atoms with Crippen molar-refractivity contribution in [2.75, 3.05) is 19.6 Å². The van der Waals surface area contributed by atoms with Crippen molar-refractivity contribution in [1.29, 1.82) is 0 Å². The maximum absolute atomic E-state index is 11.7. The molecule has 0 aliphatic carbocycles. The first-order chi connectivity index (χ1) is 12.2. The van der Waals surface area contributed by atoms with Gasteiger partial charge in [0.05, 0.1) is 5.52 Å². The minimum atomic E-state index is 0. The highest BCUT2D eigenvalue weighted by atomic mass is 35.5. The van der Waals surface area contributed by atoms with E-state index in [1.165, 1.54) is 23.8 Å². The molecule has 3 N–H and O–H groups in total. The summed E-state index contributed by atoms with van der Waals surface area (Å²) >= 11 is 0. The number of nitrogens with zero attached hydrogens (tertiary/aromatic N) is 2. The second-order valence-corrected chi connectivity index (χ2v) is 6.94. The number of halogens is 1. The molecule has 1 aromatic heterocycles. The zero-order chi connectivity index (χ0) is 17.6. The van der Waals surface area contributed by atoms with Gasteiger partial charge in [-0.05, 0) is 50.1 Å². The standard InChI is InChI=1S/C20H28N4O.ClH/c1-15-5-7-17-12-16(6-8-19(17)23-15)14-24-11-3-2-4-18(24)13-22-20(25)9-10-21;/h5-8,12,18H,2-4,9-11,13-14,21H2,1H3,(H,22,25);1H. The van der Waals surface area contributed by atoms with Crippen LogP contribution in [0.4, 0.5) is 0 Å². The highest BCUT2D eigenvalue weighted by Gasteiger charge is 2.22. The summed E-state index contributed by atoms with van der Waals surface area (Å²) in [6.07, 6.45) is 4.00. The number of likely N-dealkylation sites (tertiary alicyclic amines) is 1. The van der Waals surface area contributed by atoms with Crippen LogP contribution in [0.25, 0.3) is 10.9 Å². The van der Waals surface area contributed by atoms with E-state index in [0.717, 1.165) is 30.7 Å². The molecule has 2 aromatic rings. The second kappa shape index (κ2) is 9.86. The van der Waals surface area contributed by atoms with E-state index in [0.29, 0.717) is 25.6 Å². The fraction of sp³-hybridized carbons (Fsp3) is 0.500. The molecule has 1 atom stereocenters. The van der Waals surface area contributed by atoms with Gasteiger partial charge in [-0.1, -0.05) is 18.6 Å². The summed E-state index contributed by atoms with van der Waals surface area (Å²) in [6, 6.07) is 11.1. The Morgan fingerprint density at radius 2 is 2.15 bits per heavy atom. The van der Waals surface area contributed by atoms with Crippen LogP contribution >= 0.6 is 12.4 Å². The van der Waals surface area contributed by atoms with Crippen LogP contribution in [0.5, 0.6) is 0 Å². The third-order valence-electron chi connectivity index (χ3n) is 4.93. The topological polar surface area (TPSA) is 71.2 Å². The first-order valence-corrected chi connectivity index (χ1v) is 9.23. The number of pyridine rings is 1. The van der Waals surface area contributed by atoms with Gasteiger partial charge in [-0.3, -0.25) is 14.7 Å². The fourth-order valence-corrected chi connectivity index (χ4v) is 3.56. The van der Waals surface area contributed by atoms with Crippen molar-refractivity contribution in [3.8, 4) is 0 Å². The Morgan fingerprint density at radius 1 is 1.31 bits per heavy atom. The molecule has 1 unspecified atom stereocenters. The largest absolute Gasteiger partial charge is 0.354 e. The zero-order valence-electron chi connectivity index (χ0n) is 15.4. The lowest BCUT2D eigenvalue weighted by atomic mass is 10.0. The lowest BCUT2D eigenvalue weighted by Crippen LogP contribution is -2.46. The van der Waals surface area contributed by atoms with E-state index in [9.17, 15) is 4.79 Å². The number of aryl methyl sites for hydroxylation is 1. The van der Waals surface area contributed by atoms with Crippen LogP contribution in [0.2, 0.25) is 0 Å². The van der Waals surface area contributed by atoms with Gasteiger partial charge in [-0.2, -0.15) is 0 Å². The average Bonchev–Trinajstić information content (AvgIpc) is 2.61. The van der Waals surface area contributed by atoms with Crippen molar-refractivity contribution < 1.29 is 4.79 Å². The average molecular weight is 377 g/mol. The Labute approximate surface area is 161 Å². The lowest BCUT2D eigenvalue weighted by Gasteiger charge is -2.36. The van der Waals surface area contributed by atoms with Crippen LogP contribution in [0.3, 0.4) is 0 Å². The number of piperidine rings is 1. The first kappa shape index (κ1) is 20.6. The summed E-state index contributed by atoms with van der Waals surface area (Å²) in [7, 11) is 0. The third kappa shape index (κ3) is 5.40. The van der Waals surface area contributed by atoms with Crippen LogP contribution in [0.1, 0.15) is 36.9 Å². The Hall–Kier alpha value is -1.69. The van der Waals surface area contributed by atoms with Gasteiger partial charge in [0, 0.05) is 43.2 Å². The summed E-state index contributed by atoms with van der Waals surface area (Å²) in [6.45, 7) is 5.14. The molecule has 6 heteroatoms. The van der Waals surface area contributed by atoms with Gasteiger partial charge in [-0.15, -0.1) is 12.4 Å². The van der Waals surface area contributed by atoms with E-state index in [1.54, 1.807) is 0 Å². The SMILES string of the molecule is Cc1ccc2cc(CN3CCCCC3CNC(=O)CCN)ccc2n1.Cl. The van der Waals surface area contributed by atoms with Gasteiger partial charge in [0.2, 0.25) is 5.91 Å². The highest BCUT2D eigenvalue weighted by Crippen LogP contribution is 2.21. The monoisotopic (exact) mass is 376 g/mol. The quantitative estimate of drug-likeness (QED) is 0.813. The highest BCUT2D eigenvalue weighted by molar-refractivity contribution is 5.85. The predicted octanol–water partition coefficient (Wildman–Crippen LogP) is 2.78. The molecule has 1 aromatic carbocycles. The molecule has 3 rings (SSSR count). The maximum atomic E-state index is 11.7. The number of rotatable bonds is 6. The fourth-order valence-electron chi connectivity index (χ4n) is 3.56. The molecular formula is C20H29ClN4O. The van der Waals surface area contributed by atoms with E-state index in [2.05, 4.69) is 45.5 Å². The first-order valence-electron chi connectivity index (χ1n) is 9.23. The van der Waals surface area contributed by atoms with Crippen LogP contribution in [0.15, 0.2) is 30.3 Å². The number of aromatic nitrogens is 1. The molecule has 0 spiro atoms. The van der Waals surface area contributed by atoms with Crippen LogP contribution in [-0.4, -0.2) is 41.5 Å². The minimum Gasteiger partial charge on any atom is -0.354 e. The van der Waals surface area contributed by atoms with Gasteiger partial charge in [0.25, 0.3) is 0 Å². The van der Waals surface area contributed by atoms with Crippen molar-refractivity contribution in [1.82, 2.24) is 15.2 Å². The molecule has 1 aliphatic rings. The number of carbonyl (C=O) groups excluding carboxylic acids is 1. The lowest BCUT2D eigenvalue weighted by molar-refractivity contribution is -0.121. The Balaban J connectivity index is 0.00000243. The molecule has 5 nitrogen and oxygen atoms in total. The Kier molecular flexibility index (Phi) is 7.82. The van der Waals surface area contributed by atoms with Gasteiger partial charge in [0.15, 0.2) is 0 Å². The van der Waals surface area contributed by atoms with Crippen molar-refractivity contribution in [3.63, 3.8) is 0 Å². The van der Waals surface area contributed by atoms with Gasteiger partial charge in [-0.25, -0.2) is 0 Å². The van der Waals surface area contributed by atoms with E-state index in [4.69, 9.17) is 5.73 Å². The summed E-state index contributed by atoms with van der Waals surface area (Å²) in [4.78, 5) is 18.8. The van der Waals surface area contributed by atoms with Crippen molar-refractivity contribution in [3.05, 3.63) is 41.6 Å². The molecule has 1 fully saturated rings. The Bertz CT molecular complexity index is 737. The number of nitrogens with one attached hydrogen (secondary N) is 1. The Morgan fingerprint density at radius 3 is 2.96 bits per heavy atom. The number of hydrogen-bond donors (Lipinski definition) is 2. The van der Waals surface area contributed by atoms with Gasteiger partial charge >= 0.3 is 0 Å². The smallest absolute Gasteiger partial charge is 0.221 e. The summed E-state index contributed by atoms with van der Waals surface area (Å²) in [5.74, 6) is 0.0557. The molecule has 26 heavy (non-hydrogen) atoms.